The Bertz CT molecular complexity index is 2750. The van der Waals surface area contributed by atoms with Crippen LogP contribution in [0.3, 0.4) is 0 Å². The fraction of sp³-hybridized carbons (Fsp3) is 0.184. The zero-order valence-corrected chi connectivity index (χ0v) is 32.4. The molecule has 54 heavy (non-hydrogen) atoms. The van der Waals surface area contributed by atoms with Crippen LogP contribution in [-0.4, -0.2) is 23.1 Å². The van der Waals surface area contributed by atoms with Gasteiger partial charge in [-0.05, 0) is 83.8 Å². The van der Waals surface area contributed by atoms with E-state index in [0.29, 0.717) is 5.56 Å². The molecule has 0 spiro atoms. The molecule has 4 heterocycles. The first-order chi connectivity index (χ1) is 28.2. The van der Waals surface area contributed by atoms with Crippen molar-refractivity contribution in [2.45, 2.75) is 44.9 Å². The molecular weight excluding hydrogens is 840 g/mol. The van der Waals surface area contributed by atoms with E-state index in [-0.39, 0.29) is 50.8 Å². The van der Waals surface area contributed by atoms with Crippen molar-refractivity contribution in [2.24, 2.45) is 0 Å². The number of fused-ring (bicyclic) bond motifs is 5. The minimum absolute atomic E-state index is 0. The number of benzene rings is 5. The molecule has 0 fully saturated rings. The summed E-state index contributed by atoms with van der Waals surface area (Å²) in [5.41, 5.74) is 13.3. The summed E-state index contributed by atoms with van der Waals surface area (Å²) in [7, 11) is 0. The van der Waals surface area contributed by atoms with Gasteiger partial charge in [0.2, 0.25) is 0 Å². The molecule has 0 N–H and O–H groups in total. The SMILES string of the molecule is [2H]c1c([2H])c([2H])c(-c2cnc(N3CCCc4ccc(C5(c6[c-]c7c(cc6)CCCN7c6cc(C)ccn6)c6ccccc6-c6ccccc65)[c-]c43)cc2C)c([2H])c1[2H].[Pt+2]. The molecule has 0 saturated heterocycles. The fourth-order valence-corrected chi connectivity index (χ4v) is 8.85. The maximum Gasteiger partial charge on any atom is 2.00 e. The Morgan fingerprint density at radius 3 is 1.80 bits per heavy atom. The molecule has 0 atom stereocenters. The number of aryl methyl sites for hydroxylation is 4. The molecule has 0 unspecified atom stereocenters. The molecule has 0 radical (unpaired) electrons. The Labute approximate surface area is 339 Å². The summed E-state index contributed by atoms with van der Waals surface area (Å²) in [6.07, 6.45) is 7.41. The minimum Gasteiger partial charge on any atom is -0.350 e. The van der Waals surface area contributed by atoms with Crippen LogP contribution in [0.1, 0.15) is 64.2 Å². The summed E-state index contributed by atoms with van der Waals surface area (Å²) in [5.74, 6) is 1.66. The zero-order valence-electron chi connectivity index (χ0n) is 35.2. The van der Waals surface area contributed by atoms with E-state index in [2.05, 4.69) is 108 Å². The number of aromatic nitrogens is 2. The number of nitrogens with zero attached hydrogens (tertiary/aromatic N) is 4. The monoisotopic (exact) mass is 884 g/mol. The van der Waals surface area contributed by atoms with Crippen LogP contribution < -0.4 is 9.80 Å². The average molecular weight is 885 g/mol. The normalized spacial score (nSPS) is 16.4. The molecular formula is C49H40N4Pt. The van der Waals surface area contributed by atoms with Gasteiger partial charge in [-0.1, -0.05) is 103 Å². The average Bonchev–Trinajstić information content (AvgIpc) is 3.56. The first-order valence-electron chi connectivity index (χ1n) is 21.0. The van der Waals surface area contributed by atoms with Gasteiger partial charge in [-0.15, -0.1) is 22.3 Å². The summed E-state index contributed by atoms with van der Waals surface area (Å²) in [4.78, 5) is 14.3. The summed E-state index contributed by atoms with van der Waals surface area (Å²) < 4.78 is 41.8. The van der Waals surface area contributed by atoms with Crippen LogP contribution in [-0.2, 0) is 39.3 Å². The molecule has 0 bridgehead atoms. The first-order valence-corrected chi connectivity index (χ1v) is 18.5. The van der Waals surface area contributed by atoms with Crippen molar-refractivity contribution in [3.8, 4) is 22.3 Å². The van der Waals surface area contributed by atoms with Crippen LogP contribution in [0.25, 0.3) is 22.3 Å². The van der Waals surface area contributed by atoms with E-state index in [1.807, 2.05) is 25.3 Å². The Morgan fingerprint density at radius 2 is 1.22 bits per heavy atom. The van der Waals surface area contributed by atoms with Gasteiger partial charge < -0.3 is 9.80 Å². The van der Waals surface area contributed by atoms with Crippen molar-refractivity contribution >= 4 is 23.0 Å². The van der Waals surface area contributed by atoms with Gasteiger partial charge in [0, 0.05) is 36.5 Å². The summed E-state index contributed by atoms with van der Waals surface area (Å²) >= 11 is 0. The standard InChI is InChI=1S/C49H40N4.Pt/c1-33-24-25-50-47(28-33)52-26-10-14-36-20-22-38(30-45(36)52)49(43-18-8-6-16-40(43)41-17-7-9-19-44(41)49)39-23-21-37-15-11-27-53(46(37)31-39)48-29-34(2)42(32-51-48)35-12-4-3-5-13-35;/h3-9,12-13,16-25,28-29,32H,10-11,14-15,26-27H2,1-2H3;/q-2;+2/i3D,4D,5D,12D,13D;. The van der Waals surface area contributed by atoms with Crippen LogP contribution in [0.15, 0.2) is 134 Å². The van der Waals surface area contributed by atoms with Crippen LogP contribution in [0.2, 0.25) is 0 Å². The number of hydrogen-bond acceptors (Lipinski definition) is 4. The van der Waals surface area contributed by atoms with Gasteiger partial charge >= 0.3 is 21.1 Å². The molecule has 0 saturated carbocycles. The van der Waals surface area contributed by atoms with Crippen LogP contribution in [0, 0.1) is 26.0 Å². The van der Waals surface area contributed by atoms with Gasteiger partial charge in [-0.2, -0.15) is 36.4 Å². The van der Waals surface area contributed by atoms with E-state index in [1.54, 1.807) is 6.20 Å². The molecule has 2 aliphatic heterocycles. The summed E-state index contributed by atoms with van der Waals surface area (Å²) in [6, 6.07) is 39.2. The maximum absolute atomic E-state index is 8.60. The van der Waals surface area contributed by atoms with Gasteiger partial charge in [0.05, 0.1) is 6.85 Å². The van der Waals surface area contributed by atoms with Gasteiger partial charge in [0.15, 0.2) is 0 Å². The second-order valence-electron chi connectivity index (χ2n) is 14.4. The zero-order chi connectivity index (χ0) is 39.9. The molecule has 3 aliphatic rings. The number of pyridine rings is 2. The van der Waals surface area contributed by atoms with Crippen LogP contribution >= 0.6 is 0 Å². The second-order valence-corrected chi connectivity index (χ2v) is 14.4. The Morgan fingerprint density at radius 1 is 0.648 bits per heavy atom. The summed E-state index contributed by atoms with van der Waals surface area (Å²) in [5, 5.41) is 0. The third-order valence-electron chi connectivity index (χ3n) is 11.3. The molecule has 4 nitrogen and oxygen atoms in total. The minimum atomic E-state index is -0.724. The summed E-state index contributed by atoms with van der Waals surface area (Å²) in [6.45, 7) is 5.62. The van der Waals surface area contributed by atoms with E-state index in [0.717, 1.165) is 78.5 Å². The van der Waals surface area contributed by atoms with Gasteiger partial charge in [0.25, 0.3) is 0 Å². The number of hydrogen-bond donors (Lipinski definition) is 0. The van der Waals surface area contributed by atoms with Crippen molar-refractivity contribution in [3.63, 3.8) is 0 Å². The molecule has 266 valence electrons. The van der Waals surface area contributed by atoms with Crippen molar-refractivity contribution in [2.75, 3.05) is 22.9 Å². The van der Waals surface area contributed by atoms with Gasteiger partial charge in [-0.3, -0.25) is 0 Å². The van der Waals surface area contributed by atoms with Crippen molar-refractivity contribution in [1.82, 2.24) is 9.97 Å². The molecule has 10 rings (SSSR count). The predicted octanol–water partition coefficient (Wildman–Crippen LogP) is 10.9. The largest absolute Gasteiger partial charge is 2.00 e. The van der Waals surface area contributed by atoms with Crippen molar-refractivity contribution in [3.05, 3.63) is 190 Å². The molecule has 5 aromatic carbocycles. The number of anilines is 4. The molecule has 0 amide bonds. The smallest absolute Gasteiger partial charge is 0.350 e. The van der Waals surface area contributed by atoms with Crippen LogP contribution in [0.4, 0.5) is 23.0 Å². The van der Waals surface area contributed by atoms with E-state index in [1.165, 1.54) is 38.9 Å². The second kappa shape index (κ2) is 13.8. The topological polar surface area (TPSA) is 32.3 Å². The quantitative estimate of drug-likeness (QED) is 0.161. The van der Waals surface area contributed by atoms with Gasteiger partial charge in [-0.25, -0.2) is 9.97 Å². The van der Waals surface area contributed by atoms with E-state index in [9.17, 15) is 0 Å². The van der Waals surface area contributed by atoms with Crippen molar-refractivity contribution < 1.29 is 27.9 Å². The Kier molecular flexibility index (Phi) is 7.45. The molecule has 2 aromatic heterocycles. The Hall–Kier alpha value is -5.31. The molecule has 1 aliphatic carbocycles. The first kappa shape index (κ1) is 29.1. The Balaban J connectivity index is 0.00000449. The van der Waals surface area contributed by atoms with E-state index < -0.39 is 11.5 Å². The van der Waals surface area contributed by atoms with E-state index >= 15 is 0 Å². The number of rotatable bonds is 5. The van der Waals surface area contributed by atoms with Crippen molar-refractivity contribution in [1.29, 1.82) is 0 Å². The maximum atomic E-state index is 8.60. The van der Waals surface area contributed by atoms with Gasteiger partial charge in [0.1, 0.15) is 11.6 Å². The third kappa shape index (κ3) is 5.45. The predicted molar refractivity (Wildman–Crippen MR) is 215 cm³/mol. The molecule has 5 heteroatoms. The third-order valence-corrected chi connectivity index (χ3v) is 11.3. The van der Waals surface area contributed by atoms with E-state index in [4.69, 9.17) is 16.8 Å². The van der Waals surface area contributed by atoms with Crippen LogP contribution in [0.5, 0.6) is 0 Å². The molecule has 7 aromatic rings. The fourth-order valence-electron chi connectivity index (χ4n) is 8.85.